The molecular formula is C21H29N3O4. The predicted molar refractivity (Wildman–Crippen MR) is 104 cm³/mol. The maximum absolute atomic E-state index is 13.2. The Bertz CT molecular complexity index is 709. The Hall–Kier alpha value is -2.41. The van der Waals surface area contributed by atoms with Gasteiger partial charge in [-0.15, -0.1) is 0 Å². The van der Waals surface area contributed by atoms with Crippen LogP contribution in [-0.4, -0.2) is 63.9 Å². The van der Waals surface area contributed by atoms with Gasteiger partial charge in [0, 0.05) is 6.54 Å². The third-order valence-electron chi connectivity index (χ3n) is 5.80. The summed E-state index contributed by atoms with van der Waals surface area (Å²) < 4.78 is 0. The number of carbonyl (C=O) groups is 3. The number of fused-ring (bicyclic) bond motifs is 1. The molecule has 0 aliphatic carbocycles. The molecule has 7 heteroatoms. The van der Waals surface area contributed by atoms with E-state index in [9.17, 15) is 19.5 Å². The van der Waals surface area contributed by atoms with Gasteiger partial charge in [0.15, 0.2) is 0 Å². The van der Waals surface area contributed by atoms with E-state index in [1.807, 2.05) is 30.3 Å². The number of aryl methyl sites for hydroxylation is 1. The first kappa shape index (κ1) is 20.3. The van der Waals surface area contributed by atoms with Gasteiger partial charge in [-0.1, -0.05) is 30.3 Å². The fraction of sp³-hybridized carbons (Fsp3) is 0.571. The minimum atomic E-state index is -1.05. The highest BCUT2D eigenvalue weighted by Crippen LogP contribution is 2.31. The lowest BCUT2D eigenvalue weighted by atomic mass is 9.95. The minimum Gasteiger partial charge on any atom is -0.480 e. The Balaban J connectivity index is 1.83. The molecule has 2 fully saturated rings. The molecule has 3 atom stereocenters. The fourth-order valence-electron chi connectivity index (χ4n) is 4.37. The summed E-state index contributed by atoms with van der Waals surface area (Å²) in [6.07, 6.45) is 4.13. The molecule has 0 saturated carbocycles. The number of benzene rings is 1. The second-order valence-corrected chi connectivity index (χ2v) is 7.61. The van der Waals surface area contributed by atoms with E-state index in [1.54, 1.807) is 4.90 Å². The Morgan fingerprint density at radius 3 is 2.61 bits per heavy atom. The van der Waals surface area contributed by atoms with Gasteiger partial charge >= 0.3 is 5.97 Å². The van der Waals surface area contributed by atoms with E-state index in [0.717, 1.165) is 18.4 Å². The summed E-state index contributed by atoms with van der Waals surface area (Å²) >= 11 is 0. The zero-order valence-corrected chi connectivity index (χ0v) is 16.1. The first-order chi connectivity index (χ1) is 13.5. The first-order valence-electron chi connectivity index (χ1n) is 10.1. The lowest BCUT2D eigenvalue weighted by Crippen LogP contribution is -2.66. The molecule has 2 heterocycles. The van der Waals surface area contributed by atoms with Crippen LogP contribution in [0.4, 0.5) is 0 Å². The summed E-state index contributed by atoms with van der Waals surface area (Å²) in [4.78, 5) is 41.4. The zero-order valence-electron chi connectivity index (χ0n) is 16.1. The Morgan fingerprint density at radius 2 is 1.93 bits per heavy atom. The normalized spacial score (nSPS) is 23.0. The summed E-state index contributed by atoms with van der Waals surface area (Å²) in [5, 5.41) is 9.90. The topological polar surface area (TPSA) is 104 Å². The number of aliphatic carboxylic acids is 1. The number of amides is 2. The van der Waals surface area contributed by atoms with Gasteiger partial charge in [0.05, 0.1) is 0 Å². The van der Waals surface area contributed by atoms with Gasteiger partial charge < -0.3 is 20.6 Å². The summed E-state index contributed by atoms with van der Waals surface area (Å²) in [5.41, 5.74) is 6.60. The lowest BCUT2D eigenvalue weighted by molar-refractivity contribution is -0.168. The molecule has 1 aromatic rings. The molecule has 0 aromatic heterocycles. The SMILES string of the molecule is NCCCC[C@H]1C(=O)N2CCC[C@@H]2C(=O)N1C(CCc1ccccc1)C(=O)O. The van der Waals surface area contributed by atoms with Gasteiger partial charge in [-0.3, -0.25) is 9.59 Å². The third kappa shape index (κ3) is 4.19. The Labute approximate surface area is 165 Å². The standard InChI is InChI=1S/C21H29N3O4/c22-13-5-4-9-17-19(25)23-14-6-10-16(23)20(26)24(17)18(21(27)28)12-11-15-7-2-1-3-8-15/h1-3,7-8,16-18H,4-6,9-14,22H2,(H,27,28)/t16-,17+,18?/m1/s1. The average molecular weight is 387 g/mol. The molecule has 0 bridgehead atoms. The van der Waals surface area contributed by atoms with Crippen molar-refractivity contribution in [2.45, 2.75) is 63.1 Å². The number of carboxylic acids is 1. The fourth-order valence-corrected chi connectivity index (χ4v) is 4.37. The molecule has 2 aliphatic rings. The molecule has 1 unspecified atom stereocenters. The van der Waals surface area contributed by atoms with Crippen molar-refractivity contribution in [3.63, 3.8) is 0 Å². The molecule has 1 aromatic carbocycles. The molecule has 2 amide bonds. The number of unbranched alkanes of at least 4 members (excludes halogenated alkanes) is 1. The zero-order chi connectivity index (χ0) is 20.1. The highest BCUT2D eigenvalue weighted by Gasteiger charge is 2.50. The van der Waals surface area contributed by atoms with Crippen molar-refractivity contribution < 1.29 is 19.5 Å². The molecule has 0 spiro atoms. The quantitative estimate of drug-likeness (QED) is 0.624. The lowest BCUT2D eigenvalue weighted by Gasteiger charge is -2.45. The number of carbonyl (C=O) groups excluding carboxylic acids is 2. The third-order valence-corrected chi connectivity index (χ3v) is 5.80. The number of hydrogen-bond donors (Lipinski definition) is 2. The van der Waals surface area contributed by atoms with Crippen molar-refractivity contribution in [1.29, 1.82) is 0 Å². The monoisotopic (exact) mass is 387 g/mol. The Kier molecular flexibility index (Phi) is 6.67. The smallest absolute Gasteiger partial charge is 0.326 e. The average Bonchev–Trinajstić information content (AvgIpc) is 3.18. The highest BCUT2D eigenvalue weighted by atomic mass is 16.4. The van der Waals surface area contributed by atoms with Gasteiger partial charge in [-0.25, -0.2) is 4.79 Å². The van der Waals surface area contributed by atoms with Crippen molar-refractivity contribution in [2.24, 2.45) is 5.73 Å². The molecule has 152 valence electrons. The largest absolute Gasteiger partial charge is 0.480 e. The van der Waals surface area contributed by atoms with Gasteiger partial charge in [0.25, 0.3) is 0 Å². The molecule has 2 saturated heterocycles. The summed E-state index contributed by atoms with van der Waals surface area (Å²) in [7, 11) is 0. The van der Waals surface area contributed by atoms with E-state index in [1.165, 1.54) is 4.90 Å². The number of carboxylic acid groups (broad SMARTS) is 1. The van der Waals surface area contributed by atoms with Gasteiger partial charge in [-0.2, -0.15) is 0 Å². The summed E-state index contributed by atoms with van der Waals surface area (Å²) in [6, 6.07) is 7.41. The van der Waals surface area contributed by atoms with Gasteiger partial charge in [0.2, 0.25) is 11.8 Å². The van der Waals surface area contributed by atoms with Crippen LogP contribution in [0, 0.1) is 0 Å². The van der Waals surface area contributed by atoms with Gasteiger partial charge in [0.1, 0.15) is 18.1 Å². The van der Waals surface area contributed by atoms with Crippen LogP contribution >= 0.6 is 0 Å². The first-order valence-corrected chi connectivity index (χ1v) is 10.1. The molecule has 0 radical (unpaired) electrons. The molecule has 2 aliphatic heterocycles. The van der Waals surface area contributed by atoms with Crippen molar-refractivity contribution in [3.8, 4) is 0 Å². The van der Waals surface area contributed by atoms with Crippen LogP contribution in [0.3, 0.4) is 0 Å². The second-order valence-electron chi connectivity index (χ2n) is 7.61. The van der Waals surface area contributed by atoms with E-state index in [-0.39, 0.29) is 11.8 Å². The van der Waals surface area contributed by atoms with Crippen LogP contribution in [0.5, 0.6) is 0 Å². The van der Waals surface area contributed by atoms with Crippen LogP contribution in [0.1, 0.15) is 44.1 Å². The maximum Gasteiger partial charge on any atom is 0.326 e. The van der Waals surface area contributed by atoms with E-state index in [4.69, 9.17) is 5.73 Å². The van der Waals surface area contributed by atoms with E-state index in [2.05, 4.69) is 0 Å². The van der Waals surface area contributed by atoms with Crippen molar-refractivity contribution in [1.82, 2.24) is 9.80 Å². The Morgan fingerprint density at radius 1 is 1.18 bits per heavy atom. The van der Waals surface area contributed by atoms with Crippen LogP contribution in [0.25, 0.3) is 0 Å². The number of piperazine rings is 1. The number of hydrogen-bond acceptors (Lipinski definition) is 4. The van der Waals surface area contributed by atoms with E-state index >= 15 is 0 Å². The maximum atomic E-state index is 13.2. The highest BCUT2D eigenvalue weighted by molar-refractivity contribution is 5.99. The molecule has 7 nitrogen and oxygen atoms in total. The van der Waals surface area contributed by atoms with Crippen molar-refractivity contribution in [2.75, 3.05) is 13.1 Å². The molecule has 3 rings (SSSR count). The van der Waals surface area contributed by atoms with Crippen molar-refractivity contribution >= 4 is 17.8 Å². The van der Waals surface area contributed by atoms with Gasteiger partial charge in [-0.05, 0) is 57.1 Å². The van der Waals surface area contributed by atoms with Crippen LogP contribution in [-0.2, 0) is 20.8 Å². The van der Waals surface area contributed by atoms with Crippen LogP contribution < -0.4 is 5.73 Å². The predicted octanol–water partition coefficient (Wildman–Crippen LogP) is 1.40. The van der Waals surface area contributed by atoms with Crippen molar-refractivity contribution in [3.05, 3.63) is 35.9 Å². The van der Waals surface area contributed by atoms with E-state index in [0.29, 0.717) is 45.2 Å². The summed E-state index contributed by atoms with van der Waals surface area (Å²) in [5.74, 6) is -1.37. The molecular weight excluding hydrogens is 358 g/mol. The van der Waals surface area contributed by atoms with Crippen LogP contribution in [0.2, 0.25) is 0 Å². The van der Waals surface area contributed by atoms with E-state index < -0.39 is 24.1 Å². The second kappa shape index (κ2) is 9.19. The van der Waals surface area contributed by atoms with Crippen LogP contribution in [0.15, 0.2) is 30.3 Å². The molecule has 3 N–H and O–H groups in total. The number of nitrogens with two attached hydrogens (primary N) is 1. The molecule has 28 heavy (non-hydrogen) atoms. The number of rotatable bonds is 9. The number of nitrogens with zero attached hydrogens (tertiary/aromatic N) is 2. The summed E-state index contributed by atoms with van der Waals surface area (Å²) in [6.45, 7) is 1.09. The minimum absolute atomic E-state index is 0.106.